The van der Waals surface area contributed by atoms with Crippen molar-refractivity contribution in [1.29, 1.82) is 0 Å². The third-order valence-electron chi connectivity index (χ3n) is 2.71. The molecule has 0 unspecified atom stereocenters. The second kappa shape index (κ2) is 5.69. The van der Waals surface area contributed by atoms with Crippen LogP contribution in [0.1, 0.15) is 12.5 Å². The lowest BCUT2D eigenvalue weighted by Crippen LogP contribution is -2.05. The molecule has 4 heteroatoms. The highest BCUT2D eigenvalue weighted by Crippen LogP contribution is 2.30. The summed E-state index contributed by atoms with van der Waals surface area (Å²) >= 11 is 0. The third kappa shape index (κ3) is 2.54. The summed E-state index contributed by atoms with van der Waals surface area (Å²) in [6.07, 6.45) is 2.04. The second-order valence-corrected chi connectivity index (χ2v) is 4.14. The van der Waals surface area contributed by atoms with Gasteiger partial charge in [0.1, 0.15) is 11.4 Å². The highest BCUT2D eigenvalue weighted by atomic mass is 16.5. The predicted octanol–water partition coefficient (Wildman–Crippen LogP) is 2.21. The lowest BCUT2D eigenvalue weighted by Gasteiger charge is -2.09. The van der Waals surface area contributed by atoms with Crippen LogP contribution in [-0.4, -0.2) is 23.4 Å². The standard InChI is InChI=1S/C14H19N3O/c1-4-18-13-8-6-5-7-12(13)14-11(9-15-2)10-17(3)16-14/h5-8,10,15H,4,9H2,1-3H3. The van der Waals surface area contributed by atoms with E-state index in [0.717, 1.165) is 23.6 Å². The average molecular weight is 245 g/mol. The second-order valence-electron chi connectivity index (χ2n) is 4.14. The number of aryl methyl sites for hydroxylation is 1. The molecule has 2 aromatic rings. The van der Waals surface area contributed by atoms with Crippen LogP contribution in [0.2, 0.25) is 0 Å². The SMILES string of the molecule is CCOc1ccccc1-c1nn(C)cc1CNC. The van der Waals surface area contributed by atoms with Gasteiger partial charge in [0.25, 0.3) is 0 Å². The van der Waals surface area contributed by atoms with E-state index in [1.54, 1.807) is 0 Å². The van der Waals surface area contributed by atoms with Crippen LogP contribution in [0, 0.1) is 0 Å². The minimum Gasteiger partial charge on any atom is -0.493 e. The molecule has 0 bridgehead atoms. The quantitative estimate of drug-likeness (QED) is 0.877. The number of rotatable bonds is 5. The fraction of sp³-hybridized carbons (Fsp3) is 0.357. The summed E-state index contributed by atoms with van der Waals surface area (Å²) < 4.78 is 7.50. The molecule has 0 fully saturated rings. The van der Waals surface area contributed by atoms with Crippen LogP contribution in [0.15, 0.2) is 30.5 Å². The van der Waals surface area contributed by atoms with E-state index in [0.29, 0.717) is 6.61 Å². The van der Waals surface area contributed by atoms with E-state index in [9.17, 15) is 0 Å². The maximum atomic E-state index is 5.66. The van der Waals surface area contributed by atoms with Gasteiger partial charge in [-0.25, -0.2) is 0 Å². The minimum absolute atomic E-state index is 0.658. The van der Waals surface area contributed by atoms with Crippen molar-refractivity contribution in [3.63, 3.8) is 0 Å². The monoisotopic (exact) mass is 245 g/mol. The molecule has 0 aliphatic heterocycles. The van der Waals surface area contributed by atoms with Gasteiger partial charge in [0.05, 0.1) is 6.61 Å². The average Bonchev–Trinajstić information content (AvgIpc) is 2.72. The number of hydrogen-bond donors (Lipinski definition) is 1. The van der Waals surface area contributed by atoms with Gasteiger partial charge >= 0.3 is 0 Å². The Morgan fingerprint density at radius 3 is 2.83 bits per heavy atom. The van der Waals surface area contributed by atoms with Crippen molar-refractivity contribution in [3.05, 3.63) is 36.0 Å². The van der Waals surface area contributed by atoms with Crippen molar-refractivity contribution >= 4 is 0 Å². The zero-order valence-corrected chi connectivity index (χ0v) is 11.1. The number of benzene rings is 1. The Kier molecular flexibility index (Phi) is 3.99. The van der Waals surface area contributed by atoms with Gasteiger partial charge in [0.15, 0.2) is 0 Å². The Hall–Kier alpha value is -1.81. The molecule has 0 radical (unpaired) electrons. The van der Waals surface area contributed by atoms with E-state index >= 15 is 0 Å². The Balaban J connectivity index is 2.47. The normalized spacial score (nSPS) is 10.6. The van der Waals surface area contributed by atoms with Gasteiger partial charge in [-0.05, 0) is 26.1 Å². The van der Waals surface area contributed by atoms with Crippen LogP contribution in [0.4, 0.5) is 0 Å². The van der Waals surface area contributed by atoms with Gasteiger partial charge in [-0.2, -0.15) is 5.10 Å². The van der Waals surface area contributed by atoms with Crippen LogP contribution in [0.25, 0.3) is 11.3 Å². The van der Waals surface area contributed by atoms with Crippen molar-refractivity contribution in [1.82, 2.24) is 15.1 Å². The van der Waals surface area contributed by atoms with E-state index in [2.05, 4.69) is 10.4 Å². The number of ether oxygens (including phenoxy) is 1. The zero-order chi connectivity index (χ0) is 13.0. The summed E-state index contributed by atoms with van der Waals surface area (Å²) in [5.74, 6) is 0.885. The summed E-state index contributed by atoms with van der Waals surface area (Å²) in [7, 11) is 3.87. The fourth-order valence-corrected chi connectivity index (χ4v) is 2.03. The van der Waals surface area contributed by atoms with Crippen molar-refractivity contribution < 1.29 is 4.74 Å². The van der Waals surface area contributed by atoms with Crippen LogP contribution >= 0.6 is 0 Å². The molecule has 1 aromatic carbocycles. The number of para-hydroxylation sites is 1. The van der Waals surface area contributed by atoms with E-state index in [-0.39, 0.29) is 0 Å². The van der Waals surface area contributed by atoms with Crippen molar-refractivity contribution in [2.75, 3.05) is 13.7 Å². The summed E-state index contributed by atoms with van der Waals surface area (Å²) in [5, 5.41) is 7.70. The minimum atomic E-state index is 0.658. The molecular formula is C14H19N3O. The lowest BCUT2D eigenvalue weighted by molar-refractivity contribution is 0.341. The van der Waals surface area contributed by atoms with Crippen LogP contribution in [-0.2, 0) is 13.6 Å². The summed E-state index contributed by atoms with van der Waals surface area (Å²) in [6.45, 7) is 3.44. The predicted molar refractivity (Wildman–Crippen MR) is 72.6 cm³/mol. The molecule has 1 aromatic heterocycles. The van der Waals surface area contributed by atoms with Gasteiger partial charge in [-0.15, -0.1) is 0 Å². The molecule has 1 heterocycles. The maximum absolute atomic E-state index is 5.66. The molecule has 96 valence electrons. The topological polar surface area (TPSA) is 39.1 Å². The molecule has 0 saturated heterocycles. The van der Waals surface area contributed by atoms with Crippen LogP contribution < -0.4 is 10.1 Å². The van der Waals surface area contributed by atoms with Crippen LogP contribution in [0.5, 0.6) is 5.75 Å². The summed E-state index contributed by atoms with van der Waals surface area (Å²) in [4.78, 5) is 0. The van der Waals surface area contributed by atoms with Gasteiger partial charge in [-0.3, -0.25) is 4.68 Å². The van der Waals surface area contributed by atoms with Crippen molar-refractivity contribution in [3.8, 4) is 17.0 Å². The van der Waals surface area contributed by atoms with Gasteiger partial charge in [0.2, 0.25) is 0 Å². The highest BCUT2D eigenvalue weighted by Gasteiger charge is 2.13. The molecule has 4 nitrogen and oxygen atoms in total. The van der Waals surface area contributed by atoms with E-state index < -0.39 is 0 Å². The molecule has 1 N–H and O–H groups in total. The summed E-state index contributed by atoms with van der Waals surface area (Å²) in [5.41, 5.74) is 3.20. The largest absolute Gasteiger partial charge is 0.493 e. The lowest BCUT2D eigenvalue weighted by atomic mass is 10.1. The molecule has 0 aliphatic rings. The van der Waals surface area contributed by atoms with Crippen LogP contribution in [0.3, 0.4) is 0 Å². The Morgan fingerprint density at radius 1 is 1.33 bits per heavy atom. The number of hydrogen-bond acceptors (Lipinski definition) is 3. The summed E-state index contributed by atoms with van der Waals surface area (Å²) in [6, 6.07) is 8.02. The Labute approximate surface area is 108 Å². The Bertz CT molecular complexity index is 520. The van der Waals surface area contributed by atoms with E-state index in [1.165, 1.54) is 5.56 Å². The van der Waals surface area contributed by atoms with E-state index in [1.807, 2.05) is 56.2 Å². The smallest absolute Gasteiger partial charge is 0.128 e. The number of nitrogens with zero attached hydrogens (tertiary/aromatic N) is 2. The molecule has 18 heavy (non-hydrogen) atoms. The first-order valence-electron chi connectivity index (χ1n) is 6.15. The third-order valence-corrected chi connectivity index (χ3v) is 2.71. The first-order valence-corrected chi connectivity index (χ1v) is 6.15. The first-order chi connectivity index (χ1) is 8.76. The van der Waals surface area contributed by atoms with Gasteiger partial charge in [-0.1, -0.05) is 12.1 Å². The highest BCUT2D eigenvalue weighted by molar-refractivity contribution is 5.69. The molecule has 0 aliphatic carbocycles. The molecule has 0 amide bonds. The fourth-order valence-electron chi connectivity index (χ4n) is 2.03. The first kappa shape index (κ1) is 12.6. The molecule has 0 spiro atoms. The molecular weight excluding hydrogens is 226 g/mol. The van der Waals surface area contributed by atoms with Gasteiger partial charge < -0.3 is 10.1 Å². The maximum Gasteiger partial charge on any atom is 0.128 e. The molecule has 0 atom stereocenters. The molecule has 0 saturated carbocycles. The Morgan fingerprint density at radius 2 is 2.11 bits per heavy atom. The van der Waals surface area contributed by atoms with Gasteiger partial charge in [0, 0.05) is 30.9 Å². The van der Waals surface area contributed by atoms with Crippen molar-refractivity contribution in [2.24, 2.45) is 7.05 Å². The number of nitrogens with one attached hydrogen (secondary N) is 1. The zero-order valence-electron chi connectivity index (χ0n) is 11.1. The van der Waals surface area contributed by atoms with Crippen molar-refractivity contribution in [2.45, 2.75) is 13.5 Å². The molecule has 2 rings (SSSR count). The number of aromatic nitrogens is 2. The van der Waals surface area contributed by atoms with E-state index in [4.69, 9.17) is 4.74 Å².